The van der Waals surface area contributed by atoms with Crippen LogP contribution in [0, 0.1) is 0 Å². The van der Waals surface area contributed by atoms with Crippen molar-refractivity contribution in [3.63, 3.8) is 0 Å². The van der Waals surface area contributed by atoms with Crippen molar-refractivity contribution in [2.45, 2.75) is 0 Å². The Morgan fingerprint density at radius 2 is 1.07 bits per heavy atom. The summed E-state index contributed by atoms with van der Waals surface area (Å²) < 4.78 is 12.8. The topological polar surface area (TPSA) is 39.2 Å². The van der Waals surface area contributed by atoms with Gasteiger partial charge in [0, 0.05) is 43.6 Å². The Bertz CT molecular complexity index is 2800. The van der Waals surface area contributed by atoms with E-state index in [1.807, 2.05) is 24.3 Å². The number of fused-ring (bicyclic) bond motifs is 8. The molecule has 0 aliphatic carbocycles. The van der Waals surface area contributed by atoms with Gasteiger partial charge in [-0.05, 0) is 64.4 Å². The van der Waals surface area contributed by atoms with Crippen LogP contribution in [0.5, 0.6) is 0 Å². The zero-order valence-corrected chi connectivity index (χ0v) is 24.7. The summed E-state index contributed by atoms with van der Waals surface area (Å²) in [5, 5.41) is 7.91. The van der Waals surface area contributed by atoms with Crippen molar-refractivity contribution in [3.05, 3.63) is 152 Å². The molecule has 0 radical (unpaired) electrons. The van der Waals surface area contributed by atoms with E-state index >= 15 is 0 Å². The number of hydrogen-bond donors (Lipinski definition) is 0. The van der Waals surface area contributed by atoms with Gasteiger partial charge in [-0.25, -0.2) is 4.98 Å². The van der Waals surface area contributed by atoms with Crippen LogP contribution in [0.15, 0.2) is 160 Å². The lowest BCUT2D eigenvalue weighted by atomic mass is 9.87. The molecule has 0 bridgehead atoms. The minimum Gasteiger partial charge on any atom is -0.456 e. The lowest BCUT2D eigenvalue weighted by Crippen LogP contribution is -1.91. The second kappa shape index (κ2) is 9.65. The number of benzene rings is 7. The van der Waals surface area contributed by atoms with Crippen molar-refractivity contribution >= 4 is 65.6 Å². The Kier molecular flexibility index (Phi) is 5.28. The average molecular weight is 588 g/mol. The Labute approximate surface area is 264 Å². The highest BCUT2D eigenvalue weighted by atomic mass is 16.3. The molecule has 0 fully saturated rings. The third-order valence-electron chi connectivity index (χ3n) is 9.27. The molecule has 0 atom stereocenters. The molecule has 3 heteroatoms. The first-order valence-corrected chi connectivity index (χ1v) is 15.5. The summed E-state index contributed by atoms with van der Waals surface area (Å²) in [7, 11) is 0. The van der Waals surface area contributed by atoms with Gasteiger partial charge in [0.05, 0.1) is 11.2 Å². The highest BCUT2D eigenvalue weighted by Crippen LogP contribution is 2.48. The monoisotopic (exact) mass is 587 g/mol. The van der Waals surface area contributed by atoms with E-state index in [4.69, 9.17) is 13.8 Å². The number of nitrogens with zero attached hydrogens (tertiary/aromatic N) is 1. The molecule has 3 heterocycles. The summed E-state index contributed by atoms with van der Waals surface area (Å²) in [6, 6.07) is 53.0. The van der Waals surface area contributed by atoms with E-state index in [1.165, 1.54) is 10.9 Å². The third kappa shape index (κ3) is 3.63. The normalized spacial score (nSPS) is 11.9. The number of aromatic nitrogens is 1. The fourth-order valence-corrected chi connectivity index (χ4v) is 7.24. The molecular formula is C43H25NO2. The second-order valence-corrected chi connectivity index (χ2v) is 11.8. The first kappa shape index (κ1) is 25.2. The number of para-hydroxylation sites is 2. The van der Waals surface area contributed by atoms with E-state index in [0.717, 1.165) is 88.1 Å². The van der Waals surface area contributed by atoms with E-state index in [-0.39, 0.29) is 0 Å². The minimum absolute atomic E-state index is 0.883. The maximum Gasteiger partial charge on any atom is 0.144 e. The Morgan fingerprint density at radius 3 is 1.89 bits per heavy atom. The first-order chi connectivity index (χ1) is 22.8. The molecule has 0 aliphatic heterocycles. The fraction of sp³-hybridized carbons (Fsp3) is 0. The molecule has 3 aromatic heterocycles. The van der Waals surface area contributed by atoms with Gasteiger partial charge in [0.25, 0.3) is 0 Å². The van der Waals surface area contributed by atoms with Gasteiger partial charge in [-0.2, -0.15) is 0 Å². The number of furan rings is 2. The summed E-state index contributed by atoms with van der Waals surface area (Å²) in [6.45, 7) is 0. The third-order valence-corrected chi connectivity index (χ3v) is 9.27. The zero-order chi connectivity index (χ0) is 30.2. The van der Waals surface area contributed by atoms with Gasteiger partial charge >= 0.3 is 0 Å². The molecule has 0 aliphatic rings. The van der Waals surface area contributed by atoms with E-state index in [9.17, 15) is 0 Å². The van der Waals surface area contributed by atoms with Crippen LogP contribution in [0.1, 0.15) is 0 Å². The van der Waals surface area contributed by atoms with Gasteiger partial charge in [0.1, 0.15) is 22.3 Å². The van der Waals surface area contributed by atoms with Crippen LogP contribution in [-0.2, 0) is 0 Å². The quantitative estimate of drug-likeness (QED) is 0.206. The maximum absolute atomic E-state index is 6.73. The molecule has 0 N–H and O–H groups in total. The van der Waals surface area contributed by atoms with E-state index in [0.29, 0.717) is 0 Å². The fourth-order valence-electron chi connectivity index (χ4n) is 7.24. The van der Waals surface area contributed by atoms with Gasteiger partial charge in [-0.1, -0.05) is 109 Å². The Balaban J connectivity index is 1.25. The van der Waals surface area contributed by atoms with Crippen molar-refractivity contribution in [2.24, 2.45) is 0 Å². The molecule has 0 amide bonds. The minimum atomic E-state index is 0.883. The predicted octanol–water partition coefficient (Wildman–Crippen LogP) is 12.2. The molecular weight excluding hydrogens is 562 g/mol. The van der Waals surface area contributed by atoms with Crippen LogP contribution in [0.25, 0.3) is 99.1 Å². The van der Waals surface area contributed by atoms with Crippen LogP contribution < -0.4 is 0 Å². The van der Waals surface area contributed by atoms with Gasteiger partial charge in [-0.15, -0.1) is 0 Å². The SMILES string of the molecule is c1ccc(-c2c3ccccc3c(-c3cccc4nc(-c5ccc6oc7ccccc7c6c5)ccc34)c3c2oc2ccccc23)cc1. The van der Waals surface area contributed by atoms with Crippen LogP contribution in [0.2, 0.25) is 0 Å². The molecule has 10 aromatic rings. The summed E-state index contributed by atoms with van der Waals surface area (Å²) in [5.41, 5.74) is 11.1. The van der Waals surface area contributed by atoms with Crippen molar-refractivity contribution in [1.82, 2.24) is 4.98 Å². The van der Waals surface area contributed by atoms with Crippen LogP contribution in [0.4, 0.5) is 0 Å². The van der Waals surface area contributed by atoms with Crippen molar-refractivity contribution in [2.75, 3.05) is 0 Å². The molecule has 46 heavy (non-hydrogen) atoms. The van der Waals surface area contributed by atoms with Crippen LogP contribution >= 0.6 is 0 Å². The van der Waals surface area contributed by atoms with Gasteiger partial charge < -0.3 is 8.83 Å². The lowest BCUT2D eigenvalue weighted by Gasteiger charge is -2.16. The molecule has 0 spiro atoms. The van der Waals surface area contributed by atoms with Gasteiger partial charge in [0.15, 0.2) is 0 Å². The lowest BCUT2D eigenvalue weighted by molar-refractivity contribution is 0.669. The summed E-state index contributed by atoms with van der Waals surface area (Å²) in [5.74, 6) is 0. The van der Waals surface area contributed by atoms with Crippen molar-refractivity contribution in [3.8, 4) is 33.5 Å². The van der Waals surface area contributed by atoms with Crippen LogP contribution in [-0.4, -0.2) is 4.98 Å². The molecule has 0 unspecified atom stereocenters. The first-order valence-electron chi connectivity index (χ1n) is 15.5. The number of hydrogen-bond acceptors (Lipinski definition) is 3. The molecule has 214 valence electrons. The molecule has 7 aromatic carbocycles. The van der Waals surface area contributed by atoms with Crippen LogP contribution in [0.3, 0.4) is 0 Å². The van der Waals surface area contributed by atoms with E-state index in [1.54, 1.807) is 0 Å². The van der Waals surface area contributed by atoms with Gasteiger partial charge in [-0.3, -0.25) is 0 Å². The maximum atomic E-state index is 6.73. The highest BCUT2D eigenvalue weighted by Gasteiger charge is 2.23. The number of rotatable bonds is 3. The van der Waals surface area contributed by atoms with E-state index < -0.39 is 0 Å². The molecule has 10 rings (SSSR count). The molecule has 0 saturated carbocycles. The highest BCUT2D eigenvalue weighted by molar-refractivity contribution is 6.28. The molecule has 0 saturated heterocycles. The van der Waals surface area contributed by atoms with Crippen molar-refractivity contribution in [1.29, 1.82) is 0 Å². The van der Waals surface area contributed by atoms with E-state index in [2.05, 4.69) is 127 Å². The summed E-state index contributed by atoms with van der Waals surface area (Å²) in [6.07, 6.45) is 0. The smallest absolute Gasteiger partial charge is 0.144 e. The van der Waals surface area contributed by atoms with Gasteiger partial charge in [0.2, 0.25) is 0 Å². The zero-order valence-electron chi connectivity index (χ0n) is 24.7. The number of pyridine rings is 1. The second-order valence-electron chi connectivity index (χ2n) is 11.8. The molecule has 3 nitrogen and oxygen atoms in total. The predicted molar refractivity (Wildman–Crippen MR) is 190 cm³/mol. The average Bonchev–Trinajstić information content (AvgIpc) is 3.69. The largest absolute Gasteiger partial charge is 0.456 e. The van der Waals surface area contributed by atoms with Crippen molar-refractivity contribution < 1.29 is 8.83 Å². The summed E-state index contributed by atoms with van der Waals surface area (Å²) >= 11 is 0. The standard InChI is InChI=1S/C43H25NO2/c1-2-11-26(12-3-1)40-31-14-4-5-15-32(31)41(42-33-16-7-9-20-38(33)46-43(40)42)30-17-10-18-36-28(30)22-23-35(44-36)27-21-24-39-34(25-27)29-13-6-8-19-37(29)45-39/h1-25H. The summed E-state index contributed by atoms with van der Waals surface area (Å²) in [4.78, 5) is 5.22. The Morgan fingerprint density at radius 1 is 0.391 bits per heavy atom. The Hall–Kier alpha value is -6.19.